The molecule has 0 saturated heterocycles. The van der Waals surface area contributed by atoms with Crippen molar-refractivity contribution < 1.29 is 0 Å². The maximum Gasteiger partial charge on any atom is 0.194 e. The molecule has 0 N–H and O–H groups in total. The molecule has 0 bridgehead atoms. The first-order valence-corrected chi connectivity index (χ1v) is 3.89. The lowest BCUT2D eigenvalue weighted by Gasteiger charge is -2.19. The molecular weight excluding hydrogens is 180 g/mol. The summed E-state index contributed by atoms with van der Waals surface area (Å²) in [5, 5.41) is 34.0. The zero-order valence-corrected chi connectivity index (χ0v) is 7.67. The molecule has 0 rings (SSSR count). The van der Waals surface area contributed by atoms with Gasteiger partial charge in [-0.25, -0.2) is 9.80 Å². The van der Waals surface area contributed by atoms with E-state index in [1.807, 2.05) is 0 Å². The van der Waals surface area contributed by atoms with Gasteiger partial charge in [-0.05, 0) is 6.42 Å². The van der Waals surface area contributed by atoms with Gasteiger partial charge in [0.1, 0.15) is 0 Å². The standard InChI is InChI=1S/C8H8N6/c1-2-8(14(6-11)7-12)3-13(4-9)5-10/h8H,2-3H2,1H3. The number of rotatable bonds is 4. The largest absolute Gasteiger partial charge is 0.213 e. The highest BCUT2D eigenvalue weighted by molar-refractivity contribution is 4.97. The van der Waals surface area contributed by atoms with Crippen molar-refractivity contribution in [3.8, 4) is 24.8 Å². The van der Waals surface area contributed by atoms with Crippen molar-refractivity contribution in [1.29, 1.82) is 21.0 Å². The molecule has 1 unspecified atom stereocenters. The van der Waals surface area contributed by atoms with Crippen molar-refractivity contribution >= 4 is 0 Å². The second-order valence-electron chi connectivity index (χ2n) is 2.44. The molecule has 0 aromatic carbocycles. The molecule has 6 heteroatoms. The van der Waals surface area contributed by atoms with Crippen LogP contribution in [0.25, 0.3) is 0 Å². The SMILES string of the molecule is CCC(CN(C#N)C#N)N(C#N)C#N. The minimum Gasteiger partial charge on any atom is -0.213 e. The normalized spacial score (nSPS) is 9.79. The average Bonchev–Trinajstić information content (AvgIpc) is 2.24. The van der Waals surface area contributed by atoms with Crippen molar-refractivity contribution in [2.24, 2.45) is 0 Å². The van der Waals surface area contributed by atoms with E-state index in [4.69, 9.17) is 21.0 Å². The fourth-order valence-corrected chi connectivity index (χ4v) is 0.894. The number of hydrogen-bond acceptors (Lipinski definition) is 6. The van der Waals surface area contributed by atoms with Crippen LogP contribution >= 0.6 is 0 Å². The molecule has 0 saturated carbocycles. The van der Waals surface area contributed by atoms with Gasteiger partial charge in [-0.2, -0.15) is 21.0 Å². The highest BCUT2D eigenvalue weighted by Gasteiger charge is 2.18. The quantitative estimate of drug-likeness (QED) is 0.464. The number of nitriles is 4. The van der Waals surface area contributed by atoms with E-state index in [0.717, 1.165) is 9.80 Å². The van der Waals surface area contributed by atoms with E-state index in [2.05, 4.69) is 0 Å². The molecule has 0 spiro atoms. The van der Waals surface area contributed by atoms with Crippen LogP contribution in [0.4, 0.5) is 0 Å². The van der Waals surface area contributed by atoms with E-state index in [9.17, 15) is 0 Å². The summed E-state index contributed by atoms with van der Waals surface area (Å²) >= 11 is 0. The molecule has 0 aliphatic rings. The van der Waals surface area contributed by atoms with Crippen molar-refractivity contribution in [3.05, 3.63) is 0 Å². The third-order valence-electron chi connectivity index (χ3n) is 1.69. The van der Waals surface area contributed by atoms with Crippen LogP contribution in [0, 0.1) is 45.8 Å². The molecule has 0 radical (unpaired) electrons. The Kier molecular flexibility index (Phi) is 5.05. The Balaban J connectivity index is 4.48. The molecule has 0 heterocycles. The molecule has 6 nitrogen and oxygen atoms in total. The van der Waals surface area contributed by atoms with Crippen LogP contribution in [0.5, 0.6) is 0 Å². The zero-order chi connectivity index (χ0) is 11.0. The Labute approximate surface area is 82.4 Å². The lowest BCUT2D eigenvalue weighted by molar-refractivity contribution is 0.321. The van der Waals surface area contributed by atoms with Crippen LogP contribution in [-0.4, -0.2) is 22.4 Å². The predicted molar refractivity (Wildman–Crippen MR) is 45.1 cm³/mol. The van der Waals surface area contributed by atoms with Crippen molar-refractivity contribution in [1.82, 2.24) is 9.80 Å². The highest BCUT2D eigenvalue weighted by atomic mass is 15.2. The van der Waals surface area contributed by atoms with Crippen LogP contribution in [0.3, 0.4) is 0 Å². The van der Waals surface area contributed by atoms with Crippen molar-refractivity contribution in [2.75, 3.05) is 6.54 Å². The van der Waals surface area contributed by atoms with Gasteiger partial charge < -0.3 is 0 Å². The summed E-state index contributed by atoms with van der Waals surface area (Å²) in [5.74, 6) is 0. The first-order chi connectivity index (χ1) is 6.73. The lowest BCUT2D eigenvalue weighted by Crippen LogP contribution is -2.35. The van der Waals surface area contributed by atoms with E-state index in [-0.39, 0.29) is 6.54 Å². The summed E-state index contributed by atoms with van der Waals surface area (Å²) in [4.78, 5) is 1.71. The van der Waals surface area contributed by atoms with E-state index in [1.54, 1.807) is 31.7 Å². The van der Waals surface area contributed by atoms with Gasteiger partial charge in [-0.3, -0.25) is 0 Å². The molecule has 0 amide bonds. The third-order valence-corrected chi connectivity index (χ3v) is 1.69. The minimum absolute atomic E-state index is 0.0601. The van der Waals surface area contributed by atoms with Crippen molar-refractivity contribution in [2.45, 2.75) is 19.4 Å². The first-order valence-electron chi connectivity index (χ1n) is 3.89. The Hall–Kier alpha value is -2.44. The van der Waals surface area contributed by atoms with Gasteiger partial charge in [-0.15, -0.1) is 0 Å². The predicted octanol–water partition coefficient (Wildman–Crippen LogP) is 0.293. The summed E-state index contributed by atoms with van der Waals surface area (Å²) in [7, 11) is 0. The second-order valence-corrected chi connectivity index (χ2v) is 2.44. The monoisotopic (exact) mass is 188 g/mol. The van der Waals surface area contributed by atoms with Gasteiger partial charge in [0, 0.05) is 0 Å². The number of nitrogens with zero attached hydrogens (tertiary/aromatic N) is 6. The molecule has 0 aliphatic carbocycles. The molecule has 0 aliphatic heterocycles. The summed E-state index contributed by atoms with van der Waals surface area (Å²) in [6.45, 7) is 1.84. The van der Waals surface area contributed by atoms with Crippen LogP contribution in [0.1, 0.15) is 13.3 Å². The molecule has 0 aromatic heterocycles. The Morgan fingerprint density at radius 1 is 1.00 bits per heavy atom. The van der Waals surface area contributed by atoms with Crippen LogP contribution in [-0.2, 0) is 0 Å². The Morgan fingerprint density at radius 3 is 1.79 bits per heavy atom. The van der Waals surface area contributed by atoms with E-state index >= 15 is 0 Å². The van der Waals surface area contributed by atoms with Crippen LogP contribution in [0.2, 0.25) is 0 Å². The molecule has 70 valence electrons. The lowest BCUT2D eigenvalue weighted by atomic mass is 10.2. The van der Waals surface area contributed by atoms with Gasteiger partial charge >= 0.3 is 0 Å². The highest BCUT2D eigenvalue weighted by Crippen LogP contribution is 2.03. The first kappa shape index (κ1) is 11.6. The van der Waals surface area contributed by atoms with Gasteiger partial charge in [0.05, 0.1) is 12.6 Å². The summed E-state index contributed by atoms with van der Waals surface area (Å²) < 4.78 is 0. The average molecular weight is 188 g/mol. The maximum absolute atomic E-state index is 8.55. The molecule has 1 atom stereocenters. The van der Waals surface area contributed by atoms with Crippen LogP contribution in [0.15, 0.2) is 0 Å². The van der Waals surface area contributed by atoms with Gasteiger partial charge in [0.15, 0.2) is 24.8 Å². The van der Waals surface area contributed by atoms with Gasteiger partial charge in [0.25, 0.3) is 0 Å². The second kappa shape index (κ2) is 6.12. The molecular formula is C8H8N6. The maximum atomic E-state index is 8.55. The topological polar surface area (TPSA) is 102 Å². The molecule has 0 fully saturated rings. The summed E-state index contributed by atoms with van der Waals surface area (Å²) in [6.07, 6.45) is 7.17. The van der Waals surface area contributed by atoms with E-state index in [0.29, 0.717) is 6.42 Å². The minimum atomic E-state index is -0.427. The number of hydrogen-bond donors (Lipinski definition) is 0. The Morgan fingerprint density at radius 2 is 1.50 bits per heavy atom. The molecule has 14 heavy (non-hydrogen) atoms. The fraction of sp³-hybridized carbons (Fsp3) is 0.500. The van der Waals surface area contributed by atoms with E-state index in [1.165, 1.54) is 0 Å². The Bertz CT molecular complexity index is 307. The zero-order valence-electron chi connectivity index (χ0n) is 7.67. The summed E-state index contributed by atoms with van der Waals surface area (Å²) in [5.41, 5.74) is 0. The van der Waals surface area contributed by atoms with Crippen LogP contribution < -0.4 is 0 Å². The third kappa shape index (κ3) is 2.89. The van der Waals surface area contributed by atoms with Crippen molar-refractivity contribution in [3.63, 3.8) is 0 Å². The fourth-order valence-electron chi connectivity index (χ4n) is 0.894. The van der Waals surface area contributed by atoms with Gasteiger partial charge in [-0.1, -0.05) is 6.92 Å². The summed E-state index contributed by atoms with van der Waals surface area (Å²) in [6, 6.07) is -0.427. The molecule has 0 aromatic rings. The van der Waals surface area contributed by atoms with E-state index < -0.39 is 6.04 Å². The smallest absolute Gasteiger partial charge is 0.194 e. The van der Waals surface area contributed by atoms with Gasteiger partial charge in [0.2, 0.25) is 0 Å².